The molecule has 0 radical (unpaired) electrons. The molecule has 0 spiro atoms. The number of carbonyl (C=O) groups excluding carboxylic acids is 1. The highest BCUT2D eigenvalue weighted by Crippen LogP contribution is 2.18. The molecule has 0 atom stereocenters. The van der Waals surface area contributed by atoms with Crippen LogP contribution in [-0.4, -0.2) is 23.2 Å². The van der Waals surface area contributed by atoms with Gasteiger partial charge in [0.1, 0.15) is 0 Å². The van der Waals surface area contributed by atoms with Gasteiger partial charge in [0, 0.05) is 35.4 Å². The highest BCUT2D eigenvalue weighted by molar-refractivity contribution is 5.99. The molecular formula is C19H20N4O. The Morgan fingerprint density at radius 3 is 2.75 bits per heavy atom. The first-order valence-corrected chi connectivity index (χ1v) is 7.80. The minimum absolute atomic E-state index is 0.178. The van der Waals surface area contributed by atoms with Gasteiger partial charge in [-0.1, -0.05) is 36.4 Å². The van der Waals surface area contributed by atoms with E-state index in [9.17, 15) is 4.79 Å². The molecule has 1 amide bonds. The number of hydrogen-bond acceptors (Lipinski definition) is 3. The first kappa shape index (κ1) is 15.8. The number of rotatable bonds is 5. The van der Waals surface area contributed by atoms with Crippen LogP contribution in [0.15, 0.2) is 59.8 Å². The van der Waals surface area contributed by atoms with E-state index in [4.69, 9.17) is 0 Å². The standard InChI is InChI=1S/C19H20N4O/c1-14-7-3-5-9-17(14)20-12-19(24)22-21-11-15-13-23(2)18-10-6-4-8-16(15)18/h3-11,13,20H,12H2,1-2H3,(H,22,24). The molecule has 24 heavy (non-hydrogen) atoms. The number of amides is 1. The number of hydrazone groups is 1. The Kier molecular flexibility index (Phi) is 4.61. The van der Waals surface area contributed by atoms with Crippen LogP contribution in [0, 0.1) is 6.92 Å². The van der Waals surface area contributed by atoms with Crippen molar-refractivity contribution in [3.8, 4) is 0 Å². The van der Waals surface area contributed by atoms with Gasteiger partial charge in [-0.25, -0.2) is 5.43 Å². The molecule has 3 rings (SSSR count). The lowest BCUT2D eigenvalue weighted by Gasteiger charge is -2.07. The molecule has 5 nitrogen and oxygen atoms in total. The molecule has 122 valence electrons. The fourth-order valence-electron chi connectivity index (χ4n) is 2.64. The summed E-state index contributed by atoms with van der Waals surface area (Å²) in [5.74, 6) is -0.185. The Hall–Kier alpha value is -3.08. The van der Waals surface area contributed by atoms with Gasteiger partial charge in [-0.15, -0.1) is 0 Å². The second kappa shape index (κ2) is 7.00. The molecule has 2 aromatic carbocycles. The number of aromatic nitrogens is 1. The van der Waals surface area contributed by atoms with Crippen LogP contribution in [0.4, 0.5) is 5.69 Å². The number of nitrogens with zero attached hydrogens (tertiary/aromatic N) is 2. The van der Waals surface area contributed by atoms with Crippen molar-refractivity contribution in [3.63, 3.8) is 0 Å². The summed E-state index contributed by atoms with van der Waals surface area (Å²) < 4.78 is 2.04. The van der Waals surface area contributed by atoms with E-state index in [1.165, 1.54) is 0 Å². The van der Waals surface area contributed by atoms with Gasteiger partial charge in [0.2, 0.25) is 0 Å². The molecule has 5 heteroatoms. The molecule has 0 aliphatic carbocycles. The minimum atomic E-state index is -0.185. The van der Waals surface area contributed by atoms with Crippen molar-refractivity contribution in [1.29, 1.82) is 0 Å². The number of benzene rings is 2. The normalized spacial score (nSPS) is 11.1. The molecule has 0 aliphatic rings. The van der Waals surface area contributed by atoms with Gasteiger partial charge in [-0.3, -0.25) is 4.79 Å². The van der Waals surface area contributed by atoms with Gasteiger partial charge in [-0.2, -0.15) is 5.10 Å². The van der Waals surface area contributed by atoms with Crippen LogP contribution in [0.3, 0.4) is 0 Å². The highest BCUT2D eigenvalue weighted by atomic mass is 16.2. The maximum absolute atomic E-state index is 11.9. The lowest BCUT2D eigenvalue weighted by atomic mass is 10.2. The van der Waals surface area contributed by atoms with E-state index in [-0.39, 0.29) is 12.5 Å². The van der Waals surface area contributed by atoms with Crippen LogP contribution in [0.2, 0.25) is 0 Å². The first-order chi connectivity index (χ1) is 11.6. The molecule has 3 aromatic rings. The SMILES string of the molecule is Cc1ccccc1NCC(=O)NN=Cc1cn(C)c2ccccc12. The number of nitrogens with one attached hydrogen (secondary N) is 2. The molecule has 0 aliphatic heterocycles. The molecule has 2 N–H and O–H groups in total. The Morgan fingerprint density at radius 1 is 1.17 bits per heavy atom. The average Bonchev–Trinajstić information content (AvgIpc) is 2.91. The van der Waals surface area contributed by atoms with Crippen LogP contribution >= 0.6 is 0 Å². The predicted octanol–water partition coefficient (Wildman–Crippen LogP) is 3.05. The Balaban J connectivity index is 1.59. The molecule has 1 aromatic heterocycles. The van der Waals surface area contributed by atoms with Gasteiger partial charge >= 0.3 is 0 Å². The number of anilines is 1. The van der Waals surface area contributed by atoms with Crippen LogP contribution in [-0.2, 0) is 11.8 Å². The maximum atomic E-state index is 11.9. The molecule has 0 unspecified atom stereocenters. The average molecular weight is 320 g/mol. The van der Waals surface area contributed by atoms with Crippen LogP contribution in [0.5, 0.6) is 0 Å². The summed E-state index contributed by atoms with van der Waals surface area (Å²) in [5, 5.41) is 8.27. The summed E-state index contributed by atoms with van der Waals surface area (Å²) in [5.41, 5.74) is 6.71. The van der Waals surface area contributed by atoms with Crippen molar-refractivity contribution in [2.75, 3.05) is 11.9 Å². The third-order valence-electron chi connectivity index (χ3n) is 3.91. The predicted molar refractivity (Wildman–Crippen MR) is 98.3 cm³/mol. The molecule has 0 saturated heterocycles. The second-order valence-electron chi connectivity index (χ2n) is 5.67. The van der Waals surface area contributed by atoms with Crippen molar-refractivity contribution in [3.05, 3.63) is 65.9 Å². The Labute approximate surface area is 141 Å². The van der Waals surface area contributed by atoms with Gasteiger partial charge < -0.3 is 9.88 Å². The van der Waals surface area contributed by atoms with Crippen molar-refractivity contribution in [2.45, 2.75) is 6.92 Å². The van der Waals surface area contributed by atoms with Crippen LogP contribution < -0.4 is 10.7 Å². The lowest BCUT2D eigenvalue weighted by molar-refractivity contribution is -0.119. The summed E-state index contributed by atoms with van der Waals surface area (Å²) in [6.45, 7) is 2.18. The fourth-order valence-corrected chi connectivity index (χ4v) is 2.64. The molecular weight excluding hydrogens is 300 g/mol. The second-order valence-corrected chi connectivity index (χ2v) is 5.67. The lowest BCUT2D eigenvalue weighted by Crippen LogP contribution is -2.26. The van der Waals surface area contributed by atoms with E-state index >= 15 is 0 Å². The monoisotopic (exact) mass is 320 g/mol. The van der Waals surface area contributed by atoms with Crippen molar-refractivity contribution < 1.29 is 4.79 Å². The van der Waals surface area contributed by atoms with Gasteiger partial charge in [0.25, 0.3) is 5.91 Å². The number of para-hydroxylation sites is 2. The van der Waals surface area contributed by atoms with E-state index in [2.05, 4.69) is 21.9 Å². The summed E-state index contributed by atoms with van der Waals surface area (Å²) >= 11 is 0. The molecule has 1 heterocycles. The quantitative estimate of drug-likeness (QED) is 0.561. The largest absolute Gasteiger partial charge is 0.376 e. The first-order valence-electron chi connectivity index (χ1n) is 7.80. The van der Waals surface area contributed by atoms with E-state index in [0.29, 0.717) is 0 Å². The zero-order valence-electron chi connectivity index (χ0n) is 13.8. The summed E-state index contributed by atoms with van der Waals surface area (Å²) in [7, 11) is 1.99. The fraction of sp³-hybridized carbons (Fsp3) is 0.158. The number of fused-ring (bicyclic) bond motifs is 1. The number of hydrogen-bond donors (Lipinski definition) is 2. The van der Waals surface area contributed by atoms with Crippen molar-refractivity contribution in [2.24, 2.45) is 12.1 Å². The molecule has 0 fully saturated rings. The van der Waals surface area contributed by atoms with Gasteiger partial charge in [0.05, 0.1) is 12.8 Å². The third kappa shape index (κ3) is 3.46. The zero-order valence-corrected chi connectivity index (χ0v) is 13.8. The Bertz CT molecular complexity index is 895. The molecule has 0 bridgehead atoms. The van der Waals surface area contributed by atoms with Crippen molar-refractivity contribution >= 4 is 28.7 Å². The van der Waals surface area contributed by atoms with E-state index in [1.807, 2.05) is 67.2 Å². The topological polar surface area (TPSA) is 58.4 Å². The van der Waals surface area contributed by atoms with Crippen molar-refractivity contribution in [1.82, 2.24) is 9.99 Å². The van der Waals surface area contributed by atoms with Gasteiger partial charge in [0.15, 0.2) is 0 Å². The van der Waals surface area contributed by atoms with Gasteiger partial charge in [-0.05, 0) is 24.6 Å². The van der Waals surface area contributed by atoms with E-state index < -0.39 is 0 Å². The minimum Gasteiger partial charge on any atom is -0.376 e. The molecule has 0 saturated carbocycles. The summed E-state index contributed by atoms with van der Waals surface area (Å²) in [6, 6.07) is 15.9. The maximum Gasteiger partial charge on any atom is 0.259 e. The zero-order chi connectivity index (χ0) is 16.9. The summed E-state index contributed by atoms with van der Waals surface area (Å²) in [4.78, 5) is 11.9. The smallest absolute Gasteiger partial charge is 0.259 e. The number of carbonyl (C=O) groups is 1. The van der Waals surface area contributed by atoms with E-state index in [1.54, 1.807) is 6.21 Å². The summed E-state index contributed by atoms with van der Waals surface area (Å²) in [6.07, 6.45) is 3.67. The Morgan fingerprint density at radius 2 is 1.92 bits per heavy atom. The highest BCUT2D eigenvalue weighted by Gasteiger charge is 2.04. The van der Waals surface area contributed by atoms with Crippen LogP contribution in [0.1, 0.15) is 11.1 Å². The van der Waals surface area contributed by atoms with E-state index in [0.717, 1.165) is 27.7 Å². The van der Waals surface area contributed by atoms with Crippen LogP contribution in [0.25, 0.3) is 10.9 Å². The third-order valence-corrected chi connectivity index (χ3v) is 3.91. The number of aryl methyl sites for hydroxylation is 2.